The van der Waals surface area contributed by atoms with Crippen molar-refractivity contribution in [3.63, 3.8) is 0 Å². The molecule has 4 aromatic heterocycles. The number of benzene rings is 2. The van der Waals surface area contributed by atoms with E-state index in [0.717, 1.165) is 28.6 Å². The quantitative estimate of drug-likeness (QED) is 0.0487. The number of rotatable bonds is 20. The zero-order valence-corrected chi connectivity index (χ0v) is 38.0. The molecule has 0 radical (unpaired) electrons. The molecule has 6 aromatic rings. The summed E-state index contributed by atoms with van der Waals surface area (Å²) in [6.45, 7) is 6.34. The molecule has 0 aliphatic carbocycles. The molecular formula is C44H47N13O9S. The first-order valence-electron chi connectivity index (χ1n) is 20.9. The van der Waals surface area contributed by atoms with E-state index in [0.29, 0.717) is 51.5 Å². The van der Waals surface area contributed by atoms with Crippen molar-refractivity contribution in [2.45, 2.75) is 53.2 Å². The Bertz CT molecular complexity index is 3010. The van der Waals surface area contributed by atoms with Gasteiger partial charge in [0, 0.05) is 69.5 Å². The average Bonchev–Trinajstić information content (AvgIpc) is 4.13. The lowest BCUT2D eigenvalue weighted by Crippen LogP contribution is -2.36. The number of carbonyl (C=O) groups is 7. The van der Waals surface area contributed by atoms with Crippen LogP contribution in [0.25, 0.3) is 22.1 Å². The number of hydrogen-bond donors (Lipinski definition) is 4. The van der Waals surface area contributed by atoms with Crippen LogP contribution in [0.2, 0.25) is 0 Å². The second kappa shape index (κ2) is 19.9. The molecular weight excluding hydrogens is 887 g/mol. The zero-order valence-electron chi connectivity index (χ0n) is 37.2. The van der Waals surface area contributed by atoms with Crippen LogP contribution in [0.5, 0.6) is 11.5 Å². The van der Waals surface area contributed by atoms with Gasteiger partial charge in [0.25, 0.3) is 23.6 Å². The SMILES string of the molecule is CCn1nc(C)cc1C(=O)Nc1nc2cc(C(N)=O)cc(OC)c2n1C/C=C/Cn1c(NC(=O)c2cc(C)ns2)nc2cc(C(N)=O)cc(OCCCN(C)C(=O)CCN3C(=O)C=CC3=O)c21. The molecule has 7 amide bonds. The van der Waals surface area contributed by atoms with Gasteiger partial charge in [0.2, 0.25) is 29.6 Å². The van der Waals surface area contributed by atoms with Crippen molar-refractivity contribution in [3.8, 4) is 11.5 Å². The van der Waals surface area contributed by atoms with Crippen LogP contribution >= 0.6 is 11.5 Å². The Morgan fingerprint density at radius 1 is 0.806 bits per heavy atom. The van der Waals surface area contributed by atoms with Gasteiger partial charge in [0.15, 0.2) is 0 Å². The van der Waals surface area contributed by atoms with Gasteiger partial charge in [-0.1, -0.05) is 12.2 Å². The van der Waals surface area contributed by atoms with E-state index in [1.165, 1.54) is 36.3 Å². The molecule has 1 aliphatic heterocycles. The summed E-state index contributed by atoms with van der Waals surface area (Å²) in [6, 6.07) is 9.26. The summed E-state index contributed by atoms with van der Waals surface area (Å²) in [5.74, 6) is -2.84. The minimum absolute atomic E-state index is 0.0450. The number of aryl methyl sites for hydroxylation is 3. The van der Waals surface area contributed by atoms with Crippen LogP contribution in [0.15, 0.2) is 60.7 Å². The fourth-order valence-electron chi connectivity index (χ4n) is 7.34. The number of fused-ring (bicyclic) bond motifs is 2. The zero-order chi connectivity index (χ0) is 48.1. The molecule has 0 saturated heterocycles. The molecule has 0 unspecified atom stereocenters. The number of imide groups is 1. The number of primary amides is 2. The lowest BCUT2D eigenvalue weighted by molar-refractivity contribution is -0.138. The van der Waals surface area contributed by atoms with Crippen molar-refractivity contribution in [1.29, 1.82) is 0 Å². The number of carbonyl (C=O) groups excluding carboxylic acids is 7. The van der Waals surface area contributed by atoms with Gasteiger partial charge in [-0.2, -0.15) is 9.47 Å². The molecule has 6 N–H and O–H groups in total. The first kappa shape index (κ1) is 46.8. The third-order valence-electron chi connectivity index (χ3n) is 10.7. The van der Waals surface area contributed by atoms with E-state index < -0.39 is 35.4 Å². The van der Waals surface area contributed by atoms with Crippen molar-refractivity contribution < 1.29 is 43.0 Å². The number of nitrogens with one attached hydrogen (secondary N) is 2. The van der Waals surface area contributed by atoms with E-state index in [1.807, 2.05) is 6.92 Å². The number of imidazole rings is 2. The first-order chi connectivity index (χ1) is 32.1. The smallest absolute Gasteiger partial charge is 0.276 e. The van der Waals surface area contributed by atoms with Gasteiger partial charge in [0.1, 0.15) is 33.1 Å². The predicted octanol–water partition coefficient (Wildman–Crippen LogP) is 3.19. The van der Waals surface area contributed by atoms with Crippen LogP contribution in [0.3, 0.4) is 0 Å². The van der Waals surface area contributed by atoms with E-state index in [9.17, 15) is 33.6 Å². The molecule has 348 valence electrons. The first-order valence-corrected chi connectivity index (χ1v) is 21.7. The highest BCUT2D eigenvalue weighted by Crippen LogP contribution is 2.33. The van der Waals surface area contributed by atoms with Gasteiger partial charge in [-0.3, -0.25) is 53.8 Å². The number of aromatic nitrogens is 7. The topological polar surface area (TPSA) is 287 Å². The summed E-state index contributed by atoms with van der Waals surface area (Å²) in [5, 5.41) is 10.1. The van der Waals surface area contributed by atoms with E-state index in [4.69, 9.17) is 25.9 Å². The maximum absolute atomic E-state index is 13.7. The normalized spacial score (nSPS) is 12.5. The summed E-state index contributed by atoms with van der Waals surface area (Å²) < 4.78 is 21.1. The van der Waals surface area contributed by atoms with Crippen LogP contribution in [0.4, 0.5) is 11.9 Å². The maximum Gasteiger partial charge on any atom is 0.276 e. The van der Waals surface area contributed by atoms with Crippen LogP contribution in [0.1, 0.15) is 72.0 Å². The Kier molecular flexibility index (Phi) is 13.9. The molecule has 0 bridgehead atoms. The summed E-state index contributed by atoms with van der Waals surface area (Å²) >= 11 is 1.02. The molecule has 23 heteroatoms. The summed E-state index contributed by atoms with van der Waals surface area (Å²) in [5.41, 5.74) is 14.7. The number of anilines is 2. The second-order valence-electron chi connectivity index (χ2n) is 15.3. The molecule has 22 nitrogen and oxygen atoms in total. The van der Waals surface area contributed by atoms with Crippen molar-refractivity contribution in [2.75, 3.05) is 44.5 Å². The molecule has 7 rings (SSSR count). The monoisotopic (exact) mass is 933 g/mol. The van der Waals surface area contributed by atoms with Crippen molar-refractivity contribution in [3.05, 3.63) is 93.8 Å². The number of methoxy groups -OCH3 is 1. The Labute approximate surface area is 386 Å². The fraction of sp³-hybridized carbons (Fsp3) is 0.295. The minimum Gasteiger partial charge on any atom is -0.494 e. The Hall–Kier alpha value is -8.21. The van der Waals surface area contributed by atoms with Crippen LogP contribution in [-0.4, -0.2) is 118 Å². The van der Waals surface area contributed by atoms with Crippen LogP contribution in [-0.2, 0) is 34.0 Å². The lowest BCUT2D eigenvalue weighted by atomic mass is 10.1. The second-order valence-corrected chi connectivity index (χ2v) is 16.1. The molecule has 0 atom stereocenters. The van der Waals surface area contributed by atoms with Gasteiger partial charge in [0.05, 0.1) is 36.1 Å². The lowest BCUT2D eigenvalue weighted by Gasteiger charge is -2.19. The van der Waals surface area contributed by atoms with Crippen molar-refractivity contribution in [2.24, 2.45) is 11.5 Å². The van der Waals surface area contributed by atoms with Gasteiger partial charge in [-0.25, -0.2) is 9.97 Å². The highest BCUT2D eigenvalue weighted by Gasteiger charge is 2.26. The van der Waals surface area contributed by atoms with Crippen molar-refractivity contribution in [1.82, 2.24) is 43.1 Å². The number of hydrogen-bond acceptors (Lipinski definition) is 14. The molecule has 0 spiro atoms. The largest absolute Gasteiger partial charge is 0.494 e. The molecule has 0 saturated carbocycles. The van der Waals surface area contributed by atoms with E-state index >= 15 is 0 Å². The number of ether oxygens (including phenoxy) is 2. The van der Waals surface area contributed by atoms with E-state index in [1.54, 1.807) is 59.0 Å². The summed E-state index contributed by atoms with van der Waals surface area (Å²) in [6.07, 6.45) is 6.20. The molecule has 2 aromatic carbocycles. The van der Waals surface area contributed by atoms with Crippen LogP contribution < -0.4 is 31.6 Å². The highest BCUT2D eigenvalue weighted by molar-refractivity contribution is 7.08. The number of nitrogens with zero attached hydrogens (tertiary/aromatic N) is 9. The number of allylic oxidation sites excluding steroid dienone is 2. The van der Waals surface area contributed by atoms with Gasteiger partial charge in [-0.15, -0.1) is 0 Å². The van der Waals surface area contributed by atoms with Gasteiger partial charge < -0.3 is 35.0 Å². The minimum atomic E-state index is -0.745. The highest BCUT2D eigenvalue weighted by atomic mass is 32.1. The molecule has 0 fully saturated rings. The van der Waals surface area contributed by atoms with E-state index in [2.05, 4.69) is 25.1 Å². The molecule has 5 heterocycles. The summed E-state index contributed by atoms with van der Waals surface area (Å²) in [7, 11) is 3.03. The third kappa shape index (κ3) is 10.2. The van der Waals surface area contributed by atoms with Crippen LogP contribution in [0, 0.1) is 13.8 Å². The fourth-order valence-corrected chi connectivity index (χ4v) is 8.00. The average molecular weight is 934 g/mol. The summed E-state index contributed by atoms with van der Waals surface area (Å²) in [4.78, 5) is 101. The molecule has 1 aliphatic rings. The Morgan fingerprint density at radius 2 is 1.39 bits per heavy atom. The Morgan fingerprint density at radius 3 is 1.94 bits per heavy atom. The van der Waals surface area contributed by atoms with Gasteiger partial charge >= 0.3 is 0 Å². The number of amides is 7. The van der Waals surface area contributed by atoms with Gasteiger partial charge in [-0.05, 0) is 75.1 Å². The number of nitrogens with two attached hydrogens (primary N) is 2. The third-order valence-corrected chi connectivity index (χ3v) is 11.5. The standard InChI is InChI=1S/C44H47N13O9S/c1-6-57-30(18-24(2)51-57)41(63)49-43-47-28-20-26(39(45)61)22-31(65-5)37(28)55(43)14-7-8-15-56-38-29(48-44(56)50-42(64)33-19-25(3)52-67-33)21-27(40(46)62)23-32(38)66-17-9-13-53(4)34(58)12-16-54-35(59)10-11-36(54)60/h7-8,10-11,18-23H,6,9,12-17H2,1-5H3,(H2,45,61)(H2,46,62)(H,47,49,63)(H,48,50,64)/b8-7+. The van der Waals surface area contributed by atoms with Crippen molar-refractivity contribution >= 4 is 86.8 Å². The maximum atomic E-state index is 13.7. The predicted molar refractivity (Wildman–Crippen MR) is 246 cm³/mol. The Balaban J connectivity index is 1.18. The van der Waals surface area contributed by atoms with E-state index in [-0.39, 0.29) is 85.2 Å². The molecule has 67 heavy (non-hydrogen) atoms.